The van der Waals surface area contributed by atoms with Gasteiger partial charge in [0.1, 0.15) is 6.54 Å². The number of ether oxygens (including phenoxy) is 1. The number of carboxylic acids is 1. The number of morpholine rings is 1. The zero-order chi connectivity index (χ0) is 20.2. The Morgan fingerprint density at radius 2 is 1.93 bits per heavy atom. The van der Waals surface area contributed by atoms with E-state index in [0.29, 0.717) is 18.0 Å². The molecule has 1 heterocycles. The van der Waals surface area contributed by atoms with Crippen molar-refractivity contribution in [2.75, 3.05) is 39.0 Å². The minimum Gasteiger partial charge on any atom is -0.480 e. The molecule has 1 aromatic rings. The molecule has 27 heavy (non-hydrogen) atoms. The standard InChI is InChI=1S/C18H26N2O6S/c1-13(2)14-4-6-15(7-5-14)18(23)19-8-9-26-16(10-19)11-20(12-17(21)22)27(3,24)25/h4-7,13,16H,8-12H2,1-3H3,(H,21,22). The third-order valence-electron chi connectivity index (χ3n) is 4.44. The topological polar surface area (TPSA) is 104 Å². The molecule has 1 N–H and O–H groups in total. The van der Waals surface area contributed by atoms with Crippen LogP contribution in [0.3, 0.4) is 0 Å². The smallest absolute Gasteiger partial charge is 0.318 e. The van der Waals surface area contributed by atoms with Crippen LogP contribution >= 0.6 is 0 Å². The normalized spacial score (nSPS) is 18.1. The number of amides is 1. The highest BCUT2D eigenvalue weighted by atomic mass is 32.2. The van der Waals surface area contributed by atoms with Crippen molar-refractivity contribution in [1.82, 2.24) is 9.21 Å². The Bertz CT molecular complexity index is 776. The number of aliphatic carboxylic acids is 1. The van der Waals surface area contributed by atoms with E-state index in [1.807, 2.05) is 12.1 Å². The van der Waals surface area contributed by atoms with Crippen LogP contribution in [0.5, 0.6) is 0 Å². The van der Waals surface area contributed by atoms with Gasteiger partial charge in [0, 0.05) is 25.2 Å². The summed E-state index contributed by atoms with van der Waals surface area (Å²) >= 11 is 0. The van der Waals surface area contributed by atoms with Crippen LogP contribution in [0.4, 0.5) is 0 Å². The van der Waals surface area contributed by atoms with Crippen LogP contribution in [0.25, 0.3) is 0 Å². The molecule has 2 rings (SSSR count). The zero-order valence-electron chi connectivity index (χ0n) is 15.8. The molecule has 1 saturated heterocycles. The summed E-state index contributed by atoms with van der Waals surface area (Å²) in [4.78, 5) is 25.3. The van der Waals surface area contributed by atoms with Crippen LogP contribution in [0.2, 0.25) is 0 Å². The Morgan fingerprint density at radius 1 is 1.30 bits per heavy atom. The van der Waals surface area contributed by atoms with Gasteiger partial charge in [0.15, 0.2) is 0 Å². The number of benzene rings is 1. The van der Waals surface area contributed by atoms with E-state index in [2.05, 4.69) is 13.8 Å². The number of hydrogen-bond donors (Lipinski definition) is 1. The molecule has 0 saturated carbocycles. The number of carboxylic acid groups (broad SMARTS) is 1. The van der Waals surface area contributed by atoms with Gasteiger partial charge in [0.05, 0.1) is 19.0 Å². The molecule has 1 aliphatic rings. The van der Waals surface area contributed by atoms with Gasteiger partial charge in [-0.2, -0.15) is 4.31 Å². The lowest BCUT2D eigenvalue weighted by Crippen LogP contribution is -2.51. The van der Waals surface area contributed by atoms with Crippen molar-refractivity contribution in [3.05, 3.63) is 35.4 Å². The minimum absolute atomic E-state index is 0.110. The molecule has 0 aliphatic carbocycles. The summed E-state index contributed by atoms with van der Waals surface area (Å²) in [6.45, 7) is 4.28. The second kappa shape index (κ2) is 8.81. The first kappa shape index (κ1) is 21.3. The first-order chi connectivity index (χ1) is 12.6. The average Bonchev–Trinajstić information content (AvgIpc) is 2.59. The van der Waals surface area contributed by atoms with Crippen molar-refractivity contribution in [2.24, 2.45) is 0 Å². The van der Waals surface area contributed by atoms with E-state index in [-0.39, 0.29) is 25.6 Å². The van der Waals surface area contributed by atoms with Crippen LogP contribution < -0.4 is 0 Å². The van der Waals surface area contributed by atoms with Crippen LogP contribution in [0.1, 0.15) is 35.7 Å². The molecule has 1 aliphatic heterocycles. The number of sulfonamides is 1. The minimum atomic E-state index is -3.69. The molecular formula is C18H26N2O6S. The average molecular weight is 398 g/mol. The molecule has 0 spiro atoms. The molecule has 9 heteroatoms. The SMILES string of the molecule is CC(C)c1ccc(C(=O)N2CCOC(CN(CC(=O)O)S(C)(=O)=O)C2)cc1. The Hall–Kier alpha value is -1.97. The Morgan fingerprint density at radius 3 is 2.44 bits per heavy atom. The number of rotatable bonds is 7. The van der Waals surface area contributed by atoms with Gasteiger partial charge in [0.2, 0.25) is 10.0 Å². The van der Waals surface area contributed by atoms with E-state index in [4.69, 9.17) is 9.84 Å². The summed E-state index contributed by atoms with van der Waals surface area (Å²) in [5.41, 5.74) is 1.70. The highest BCUT2D eigenvalue weighted by Crippen LogP contribution is 2.17. The summed E-state index contributed by atoms with van der Waals surface area (Å²) in [7, 11) is -3.69. The molecule has 0 aromatic heterocycles. The third kappa shape index (κ3) is 6.02. The van der Waals surface area contributed by atoms with E-state index < -0.39 is 28.6 Å². The van der Waals surface area contributed by atoms with Gasteiger partial charge in [-0.1, -0.05) is 26.0 Å². The molecule has 1 aromatic carbocycles. The largest absolute Gasteiger partial charge is 0.480 e. The van der Waals surface area contributed by atoms with Crippen molar-refractivity contribution in [3.8, 4) is 0 Å². The monoisotopic (exact) mass is 398 g/mol. The summed E-state index contributed by atoms with van der Waals surface area (Å²) in [6, 6.07) is 7.42. The molecule has 1 unspecified atom stereocenters. The highest BCUT2D eigenvalue weighted by Gasteiger charge is 2.30. The first-order valence-electron chi connectivity index (χ1n) is 8.75. The van der Waals surface area contributed by atoms with Gasteiger partial charge in [-0.05, 0) is 23.6 Å². The van der Waals surface area contributed by atoms with Gasteiger partial charge >= 0.3 is 5.97 Å². The van der Waals surface area contributed by atoms with Gasteiger partial charge in [-0.15, -0.1) is 0 Å². The summed E-state index contributed by atoms with van der Waals surface area (Å²) in [6.07, 6.45) is 0.379. The lowest BCUT2D eigenvalue weighted by atomic mass is 10.0. The fourth-order valence-corrected chi connectivity index (χ4v) is 3.68. The molecule has 150 valence electrons. The van der Waals surface area contributed by atoms with Gasteiger partial charge in [-0.3, -0.25) is 9.59 Å². The molecule has 1 amide bonds. The molecule has 8 nitrogen and oxygen atoms in total. The second-order valence-corrected chi connectivity index (χ2v) is 8.95. The molecule has 1 atom stereocenters. The fraction of sp³-hybridized carbons (Fsp3) is 0.556. The third-order valence-corrected chi connectivity index (χ3v) is 5.65. The molecular weight excluding hydrogens is 372 g/mol. The van der Waals surface area contributed by atoms with Crippen LogP contribution in [-0.4, -0.2) is 79.8 Å². The number of carbonyl (C=O) groups excluding carboxylic acids is 1. The summed E-state index contributed by atoms with van der Waals surface area (Å²) in [5.74, 6) is -1.02. The lowest BCUT2D eigenvalue weighted by Gasteiger charge is -2.35. The van der Waals surface area contributed by atoms with E-state index in [1.165, 1.54) is 0 Å². The van der Waals surface area contributed by atoms with Gasteiger partial charge in [-0.25, -0.2) is 8.42 Å². The van der Waals surface area contributed by atoms with Crippen LogP contribution in [-0.2, 0) is 19.6 Å². The van der Waals surface area contributed by atoms with Crippen molar-refractivity contribution in [3.63, 3.8) is 0 Å². The van der Waals surface area contributed by atoms with Crippen LogP contribution in [0, 0.1) is 0 Å². The van der Waals surface area contributed by atoms with Crippen molar-refractivity contribution in [2.45, 2.75) is 25.9 Å². The predicted molar refractivity (Wildman–Crippen MR) is 100 cm³/mol. The Labute approximate surface area is 159 Å². The van der Waals surface area contributed by atoms with Crippen molar-refractivity contribution < 1.29 is 27.9 Å². The fourth-order valence-electron chi connectivity index (χ4n) is 2.90. The quantitative estimate of drug-likeness (QED) is 0.735. The van der Waals surface area contributed by atoms with E-state index in [1.54, 1.807) is 17.0 Å². The Balaban J connectivity index is 2.05. The maximum atomic E-state index is 12.7. The predicted octanol–water partition coefficient (Wildman–Crippen LogP) is 0.997. The number of hydrogen-bond acceptors (Lipinski definition) is 5. The van der Waals surface area contributed by atoms with Gasteiger partial charge in [0.25, 0.3) is 5.91 Å². The lowest BCUT2D eigenvalue weighted by molar-refractivity contribution is -0.137. The van der Waals surface area contributed by atoms with Crippen molar-refractivity contribution >= 4 is 21.9 Å². The Kier molecular flexibility index (Phi) is 6.96. The maximum absolute atomic E-state index is 12.7. The van der Waals surface area contributed by atoms with Crippen LogP contribution in [0.15, 0.2) is 24.3 Å². The van der Waals surface area contributed by atoms with Crippen molar-refractivity contribution in [1.29, 1.82) is 0 Å². The van der Waals surface area contributed by atoms with E-state index in [9.17, 15) is 18.0 Å². The summed E-state index contributed by atoms with van der Waals surface area (Å²) < 4.78 is 30.0. The zero-order valence-corrected chi connectivity index (χ0v) is 16.6. The molecule has 1 fully saturated rings. The van der Waals surface area contributed by atoms with E-state index >= 15 is 0 Å². The summed E-state index contributed by atoms with van der Waals surface area (Å²) in [5, 5.41) is 8.92. The molecule has 0 bridgehead atoms. The number of nitrogens with zero attached hydrogens (tertiary/aromatic N) is 2. The van der Waals surface area contributed by atoms with E-state index in [0.717, 1.165) is 16.1 Å². The molecule has 0 radical (unpaired) electrons. The maximum Gasteiger partial charge on any atom is 0.318 e. The van der Waals surface area contributed by atoms with Gasteiger partial charge < -0.3 is 14.7 Å². The number of carbonyl (C=O) groups is 2. The first-order valence-corrected chi connectivity index (χ1v) is 10.6. The highest BCUT2D eigenvalue weighted by molar-refractivity contribution is 7.88. The second-order valence-electron chi connectivity index (χ2n) is 6.97.